The van der Waals surface area contributed by atoms with E-state index >= 15 is 0 Å². The molecular weight excluding hydrogens is 250 g/mol. The van der Waals surface area contributed by atoms with Crippen LogP contribution in [0.2, 0.25) is 0 Å². The molecule has 0 saturated heterocycles. The maximum absolute atomic E-state index is 5.51. The van der Waals surface area contributed by atoms with E-state index < -0.39 is 0 Å². The number of benzene rings is 1. The van der Waals surface area contributed by atoms with Gasteiger partial charge in [-0.2, -0.15) is 0 Å². The first kappa shape index (κ1) is 14.8. The fourth-order valence-corrected chi connectivity index (χ4v) is 1.92. The van der Waals surface area contributed by atoms with Crippen LogP contribution in [-0.2, 0) is 11.3 Å². The second-order valence-electron chi connectivity index (χ2n) is 4.78. The van der Waals surface area contributed by atoms with Crippen LogP contribution in [0.5, 0.6) is 0 Å². The predicted octanol–water partition coefficient (Wildman–Crippen LogP) is 2.78. The predicted molar refractivity (Wildman–Crippen MR) is 81.0 cm³/mol. The Bertz CT molecular complexity index is 465. The highest BCUT2D eigenvalue weighted by molar-refractivity contribution is 5.34. The standard InChI is InChI=1S/C16H23N3O/c1-2-3-11-20-12-9-17-13-15-4-6-16(7-5-15)19-10-8-18-14-19/h4-8,10,14,17H,2-3,9,11-13H2,1H3. The Kier molecular flexibility index (Phi) is 6.27. The largest absolute Gasteiger partial charge is 0.380 e. The maximum atomic E-state index is 5.51. The number of aromatic nitrogens is 2. The maximum Gasteiger partial charge on any atom is 0.0991 e. The van der Waals surface area contributed by atoms with E-state index in [-0.39, 0.29) is 0 Å². The van der Waals surface area contributed by atoms with Crippen molar-refractivity contribution in [3.63, 3.8) is 0 Å². The zero-order valence-electron chi connectivity index (χ0n) is 12.1. The van der Waals surface area contributed by atoms with Crippen molar-refractivity contribution in [1.82, 2.24) is 14.9 Å². The first-order chi connectivity index (χ1) is 9.90. The van der Waals surface area contributed by atoms with Gasteiger partial charge in [0.15, 0.2) is 0 Å². The van der Waals surface area contributed by atoms with Crippen LogP contribution in [0.3, 0.4) is 0 Å². The Labute approximate surface area is 120 Å². The highest BCUT2D eigenvalue weighted by atomic mass is 16.5. The second kappa shape index (κ2) is 8.51. The van der Waals surface area contributed by atoms with Crippen LogP contribution in [0.25, 0.3) is 5.69 Å². The number of nitrogens with one attached hydrogen (secondary N) is 1. The lowest BCUT2D eigenvalue weighted by Crippen LogP contribution is -2.19. The van der Waals surface area contributed by atoms with E-state index in [0.717, 1.165) is 38.4 Å². The number of unbranched alkanes of at least 4 members (excludes halogenated alkanes) is 1. The summed E-state index contributed by atoms with van der Waals surface area (Å²) in [6, 6.07) is 8.49. The van der Waals surface area contributed by atoms with Gasteiger partial charge in [0, 0.05) is 37.8 Å². The summed E-state index contributed by atoms with van der Waals surface area (Å²) in [7, 11) is 0. The van der Waals surface area contributed by atoms with Crippen LogP contribution in [0.15, 0.2) is 43.0 Å². The van der Waals surface area contributed by atoms with Gasteiger partial charge in [0.05, 0.1) is 12.9 Å². The molecule has 1 aromatic heterocycles. The topological polar surface area (TPSA) is 39.1 Å². The van der Waals surface area contributed by atoms with Gasteiger partial charge < -0.3 is 14.6 Å². The molecule has 0 amide bonds. The van der Waals surface area contributed by atoms with Crippen LogP contribution in [0.4, 0.5) is 0 Å². The summed E-state index contributed by atoms with van der Waals surface area (Å²) in [4.78, 5) is 4.05. The van der Waals surface area contributed by atoms with Crippen LogP contribution >= 0.6 is 0 Å². The number of nitrogens with zero attached hydrogens (tertiary/aromatic N) is 2. The Morgan fingerprint density at radius 3 is 2.75 bits per heavy atom. The third-order valence-corrected chi connectivity index (χ3v) is 3.13. The summed E-state index contributed by atoms with van der Waals surface area (Å²) >= 11 is 0. The van der Waals surface area contributed by atoms with Gasteiger partial charge >= 0.3 is 0 Å². The van der Waals surface area contributed by atoms with Crippen LogP contribution in [0, 0.1) is 0 Å². The van der Waals surface area contributed by atoms with Crippen molar-refractivity contribution in [3.05, 3.63) is 48.5 Å². The van der Waals surface area contributed by atoms with Gasteiger partial charge in [-0.25, -0.2) is 4.98 Å². The minimum atomic E-state index is 0.785. The van der Waals surface area contributed by atoms with Gasteiger partial charge in [0.1, 0.15) is 0 Å². The van der Waals surface area contributed by atoms with Gasteiger partial charge in [-0.15, -0.1) is 0 Å². The van der Waals surface area contributed by atoms with Gasteiger partial charge in [0.25, 0.3) is 0 Å². The molecule has 0 spiro atoms. The molecule has 2 aromatic rings. The number of rotatable bonds is 9. The molecule has 0 bridgehead atoms. The minimum absolute atomic E-state index is 0.785. The van der Waals surface area contributed by atoms with E-state index in [1.165, 1.54) is 12.0 Å². The van der Waals surface area contributed by atoms with E-state index in [9.17, 15) is 0 Å². The normalized spacial score (nSPS) is 10.8. The van der Waals surface area contributed by atoms with Crippen molar-refractivity contribution < 1.29 is 4.74 Å². The molecule has 0 atom stereocenters. The average Bonchev–Trinajstić information content (AvgIpc) is 3.01. The lowest BCUT2D eigenvalue weighted by molar-refractivity contribution is 0.133. The van der Waals surface area contributed by atoms with Crippen molar-refractivity contribution in [1.29, 1.82) is 0 Å². The fraction of sp³-hybridized carbons (Fsp3) is 0.438. The van der Waals surface area contributed by atoms with E-state index in [0.29, 0.717) is 0 Å². The third-order valence-electron chi connectivity index (χ3n) is 3.13. The monoisotopic (exact) mass is 273 g/mol. The second-order valence-corrected chi connectivity index (χ2v) is 4.78. The van der Waals surface area contributed by atoms with E-state index in [4.69, 9.17) is 4.74 Å². The van der Waals surface area contributed by atoms with Crippen LogP contribution in [0.1, 0.15) is 25.3 Å². The molecule has 0 radical (unpaired) electrons. The van der Waals surface area contributed by atoms with E-state index in [2.05, 4.69) is 41.5 Å². The lowest BCUT2D eigenvalue weighted by Gasteiger charge is -2.07. The molecule has 0 unspecified atom stereocenters. The Hall–Kier alpha value is -1.65. The molecule has 1 aromatic carbocycles. The molecule has 108 valence electrons. The fourth-order valence-electron chi connectivity index (χ4n) is 1.92. The summed E-state index contributed by atoms with van der Waals surface area (Å²) in [6.45, 7) is 5.61. The van der Waals surface area contributed by atoms with Gasteiger partial charge in [-0.3, -0.25) is 0 Å². The molecule has 0 aliphatic heterocycles. The zero-order valence-corrected chi connectivity index (χ0v) is 12.1. The molecule has 4 nitrogen and oxygen atoms in total. The van der Waals surface area contributed by atoms with Crippen molar-refractivity contribution in [3.8, 4) is 5.69 Å². The first-order valence-electron chi connectivity index (χ1n) is 7.26. The number of imidazole rings is 1. The molecule has 20 heavy (non-hydrogen) atoms. The average molecular weight is 273 g/mol. The lowest BCUT2D eigenvalue weighted by atomic mass is 10.2. The van der Waals surface area contributed by atoms with Crippen LogP contribution < -0.4 is 5.32 Å². The van der Waals surface area contributed by atoms with E-state index in [1.54, 1.807) is 12.5 Å². The summed E-state index contributed by atoms with van der Waals surface area (Å²) < 4.78 is 7.51. The zero-order chi connectivity index (χ0) is 14.0. The first-order valence-corrected chi connectivity index (χ1v) is 7.26. The summed E-state index contributed by atoms with van der Waals surface area (Å²) in [5.74, 6) is 0. The van der Waals surface area contributed by atoms with Gasteiger partial charge in [-0.05, 0) is 24.1 Å². The van der Waals surface area contributed by atoms with Crippen molar-refractivity contribution in [2.45, 2.75) is 26.3 Å². The number of hydrogen-bond acceptors (Lipinski definition) is 3. The summed E-state index contributed by atoms with van der Waals surface area (Å²) in [6.07, 6.45) is 7.88. The molecule has 2 rings (SSSR count). The van der Waals surface area contributed by atoms with Crippen molar-refractivity contribution >= 4 is 0 Å². The molecule has 0 fully saturated rings. The molecule has 1 N–H and O–H groups in total. The Morgan fingerprint density at radius 2 is 2.05 bits per heavy atom. The van der Waals surface area contributed by atoms with Crippen molar-refractivity contribution in [2.24, 2.45) is 0 Å². The highest BCUT2D eigenvalue weighted by Crippen LogP contribution is 2.08. The highest BCUT2D eigenvalue weighted by Gasteiger charge is 1.96. The van der Waals surface area contributed by atoms with Crippen molar-refractivity contribution in [2.75, 3.05) is 19.8 Å². The van der Waals surface area contributed by atoms with Gasteiger partial charge in [0.2, 0.25) is 0 Å². The third kappa shape index (κ3) is 4.79. The summed E-state index contributed by atoms with van der Waals surface area (Å²) in [5.41, 5.74) is 2.41. The quantitative estimate of drug-likeness (QED) is 0.714. The SMILES string of the molecule is CCCCOCCNCc1ccc(-n2ccnc2)cc1. The molecule has 0 saturated carbocycles. The van der Waals surface area contributed by atoms with Crippen LogP contribution in [-0.4, -0.2) is 29.3 Å². The molecule has 4 heteroatoms. The minimum Gasteiger partial charge on any atom is -0.380 e. The molecular formula is C16H23N3O. The number of ether oxygens (including phenoxy) is 1. The number of hydrogen-bond donors (Lipinski definition) is 1. The Morgan fingerprint density at radius 1 is 1.20 bits per heavy atom. The molecule has 0 aliphatic carbocycles. The van der Waals surface area contributed by atoms with Gasteiger partial charge in [-0.1, -0.05) is 25.5 Å². The summed E-state index contributed by atoms with van der Waals surface area (Å²) in [5, 5.41) is 3.39. The molecule has 0 aliphatic rings. The smallest absolute Gasteiger partial charge is 0.0991 e. The molecule has 1 heterocycles. The Balaban J connectivity index is 1.67. The van der Waals surface area contributed by atoms with E-state index in [1.807, 2.05) is 10.8 Å².